The molecule has 1 aromatic heterocycles. The van der Waals surface area contributed by atoms with E-state index in [1.807, 2.05) is 42.5 Å². The van der Waals surface area contributed by atoms with Crippen LogP contribution in [0.3, 0.4) is 0 Å². The summed E-state index contributed by atoms with van der Waals surface area (Å²) in [5, 5.41) is 9.67. The van der Waals surface area contributed by atoms with Crippen molar-refractivity contribution in [3.05, 3.63) is 65.5 Å². The van der Waals surface area contributed by atoms with Gasteiger partial charge >= 0.3 is 5.97 Å². The largest absolute Gasteiger partial charge is 0.481 e. The Hall–Kier alpha value is -2.33. The van der Waals surface area contributed by atoms with Crippen LogP contribution in [-0.2, 0) is 11.2 Å². The van der Waals surface area contributed by atoms with E-state index in [9.17, 15) is 9.90 Å². The predicted octanol–water partition coefficient (Wildman–Crippen LogP) is 5.05. The summed E-state index contributed by atoms with van der Waals surface area (Å²) in [6.07, 6.45) is 0.734. The Morgan fingerprint density at radius 3 is 2.40 bits per heavy atom. The highest BCUT2D eigenvalue weighted by molar-refractivity contribution is 5.85. The molecule has 1 heterocycles. The van der Waals surface area contributed by atoms with Crippen LogP contribution >= 0.6 is 12.4 Å². The van der Waals surface area contributed by atoms with Crippen LogP contribution in [0.15, 0.2) is 52.9 Å². The van der Waals surface area contributed by atoms with E-state index in [1.165, 1.54) is 0 Å². The summed E-state index contributed by atoms with van der Waals surface area (Å²) in [7, 11) is 0. The number of oxazole rings is 1. The maximum atomic E-state index is 11.8. The first-order valence-corrected chi connectivity index (χ1v) is 8.01. The molecule has 5 heteroatoms. The molecule has 132 valence electrons. The summed E-state index contributed by atoms with van der Waals surface area (Å²) >= 11 is 0. The molecule has 2 aromatic carbocycles. The first kappa shape index (κ1) is 19.0. The molecule has 3 aromatic rings. The van der Waals surface area contributed by atoms with E-state index in [0.717, 1.165) is 12.0 Å². The number of benzene rings is 2. The van der Waals surface area contributed by atoms with Gasteiger partial charge in [0.1, 0.15) is 11.4 Å². The fraction of sp³-hybridized carbons (Fsp3) is 0.300. The summed E-state index contributed by atoms with van der Waals surface area (Å²) in [5.41, 5.74) is 2.93. The highest BCUT2D eigenvalue weighted by atomic mass is 35.5. The molecule has 0 amide bonds. The molecule has 1 atom stereocenters. The van der Waals surface area contributed by atoms with Crippen molar-refractivity contribution in [2.24, 2.45) is 5.41 Å². The molecule has 25 heavy (non-hydrogen) atoms. The van der Waals surface area contributed by atoms with Gasteiger partial charge in [-0.2, -0.15) is 0 Å². The number of carbonyl (C=O) groups is 1. The second-order valence-corrected chi connectivity index (χ2v) is 7.25. The van der Waals surface area contributed by atoms with Crippen molar-refractivity contribution < 1.29 is 14.3 Å². The maximum absolute atomic E-state index is 11.8. The lowest BCUT2D eigenvalue weighted by Gasteiger charge is -2.14. The van der Waals surface area contributed by atoms with E-state index in [4.69, 9.17) is 4.42 Å². The van der Waals surface area contributed by atoms with E-state index in [-0.39, 0.29) is 17.8 Å². The lowest BCUT2D eigenvalue weighted by molar-refractivity contribution is -0.137. The van der Waals surface area contributed by atoms with Crippen LogP contribution in [0, 0.1) is 5.41 Å². The fourth-order valence-corrected chi connectivity index (χ4v) is 2.82. The third-order valence-corrected chi connectivity index (χ3v) is 3.85. The minimum Gasteiger partial charge on any atom is -0.481 e. The molecule has 0 radical (unpaired) electrons. The highest BCUT2D eigenvalue weighted by Crippen LogP contribution is 2.29. The van der Waals surface area contributed by atoms with E-state index < -0.39 is 11.9 Å². The summed E-state index contributed by atoms with van der Waals surface area (Å²) in [6, 6.07) is 14.7. The lowest BCUT2D eigenvalue weighted by atomic mass is 9.91. The van der Waals surface area contributed by atoms with E-state index in [1.54, 1.807) is 6.07 Å². The van der Waals surface area contributed by atoms with Crippen LogP contribution in [0.4, 0.5) is 0 Å². The molecule has 3 rings (SSSR count). The zero-order chi connectivity index (χ0) is 17.3. The highest BCUT2D eigenvalue weighted by Gasteiger charge is 2.23. The number of carboxylic acid groups (broad SMARTS) is 1. The lowest BCUT2D eigenvalue weighted by Crippen LogP contribution is -2.12. The first-order valence-electron chi connectivity index (χ1n) is 8.01. The monoisotopic (exact) mass is 359 g/mol. The Morgan fingerprint density at radius 2 is 1.80 bits per heavy atom. The molecular weight excluding hydrogens is 338 g/mol. The summed E-state index contributed by atoms with van der Waals surface area (Å²) in [6.45, 7) is 6.38. The quantitative estimate of drug-likeness (QED) is 0.707. The van der Waals surface area contributed by atoms with Crippen LogP contribution in [0.25, 0.3) is 11.1 Å². The minimum absolute atomic E-state index is 0. The number of nitrogens with zero attached hydrogens (tertiary/aromatic N) is 1. The Morgan fingerprint density at radius 1 is 1.12 bits per heavy atom. The Bertz CT molecular complexity index is 866. The summed E-state index contributed by atoms with van der Waals surface area (Å²) in [5.74, 6) is -0.904. The number of fused-ring (bicyclic) bond motifs is 1. The zero-order valence-corrected chi connectivity index (χ0v) is 15.3. The Labute approximate surface area is 153 Å². The summed E-state index contributed by atoms with van der Waals surface area (Å²) < 4.78 is 5.79. The van der Waals surface area contributed by atoms with Crippen molar-refractivity contribution in [1.82, 2.24) is 4.98 Å². The topological polar surface area (TPSA) is 63.3 Å². The van der Waals surface area contributed by atoms with Crippen molar-refractivity contribution in [1.29, 1.82) is 0 Å². The molecule has 0 aliphatic heterocycles. The SMILES string of the molecule is CC(C)(C)Cc1nc2cc(C(C(=O)O)c3ccccc3)ccc2o1.Cl. The van der Waals surface area contributed by atoms with Gasteiger partial charge in [0.15, 0.2) is 11.5 Å². The molecule has 0 fully saturated rings. The molecule has 0 aliphatic rings. The van der Waals surface area contributed by atoms with Gasteiger partial charge in [-0.25, -0.2) is 4.98 Å². The van der Waals surface area contributed by atoms with E-state index in [0.29, 0.717) is 22.6 Å². The minimum atomic E-state index is -0.876. The number of carboxylic acids is 1. The molecule has 0 bridgehead atoms. The van der Waals surface area contributed by atoms with E-state index >= 15 is 0 Å². The van der Waals surface area contributed by atoms with Gasteiger partial charge in [0.2, 0.25) is 0 Å². The Kier molecular flexibility index (Phi) is 5.53. The number of halogens is 1. The Balaban J connectivity index is 0.00000225. The zero-order valence-electron chi connectivity index (χ0n) is 14.5. The number of hydrogen-bond donors (Lipinski definition) is 1. The van der Waals surface area contributed by atoms with Crippen molar-refractivity contribution in [3.8, 4) is 0 Å². The number of rotatable bonds is 4. The number of aromatic nitrogens is 1. The van der Waals surface area contributed by atoms with Gasteiger partial charge in [0.25, 0.3) is 0 Å². The number of hydrogen-bond acceptors (Lipinski definition) is 3. The second-order valence-electron chi connectivity index (χ2n) is 7.25. The van der Waals surface area contributed by atoms with Crippen LogP contribution in [-0.4, -0.2) is 16.1 Å². The maximum Gasteiger partial charge on any atom is 0.315 e. The van der Waals surface area contributed by atoms with Crippen molar-refractivity contribution in [2.75, 3.05) is 0 Å². The molecule has 1 N–H and O–H groups in total. The number of aliphatic carboxylic acids is 1. The standard InChI is InChI=1S/C20H21NO3.ClH/c1-20(2,3)12-17-21-15-11-14(9-10-16(15)24-17)18(19(22)23)13-7-5-4-6-8-13;/h4-11,18H,12H2,1-3H3,(H,22,23);1H. The van der Waals surface area contributed by atoms with Crippen molar-refractivity contribution in [3.63, 3.8) is 0 Å². The van der Waals surface area contributed by atoms with Gasteiger partial charge in [0.05, 0.1) is 0 Å². The van der Waals surface area contributed by atoms with Crippen molar-refractivity contribution >= 4 is 29.5 Å². The molecule has 4 nitrogen and oxygen atoms in total. The third kappa shape index (κ3) is 4.40. The van der Waals surface area contributed by atoms with Gasteiger partial charge < -0.3 is 9.52 Å². The van der Waals surface area contributed by atoms with Crippen molar-refractivity contribution in [2.45, 2.75) is 33.1 Å². The summed E-state index contributed by atoms with van der Waals surface area (Å²) in [4.78, 5) is 16.3. The molecule has 1 unspecified atom stereocenters. The van der Waals surface area contributed by atoms with Gasteiger partial charge in [-0.15, -0.1) is 12.4 Å². The van der Waals surface area contributed by atoms with Crippen LogP contribution in [0.5, 0.6) is 0 Å². The molecule has 0 aliphatic carbocycles. The average molecular weight is 360 g/mol. The predicted molar refractivity (Wildman–Crippen MR) is 100 cm³/mol. The van der Waals surface area contributed by atoms with Gasteiger partial charge in [-0.05, 0) is 28.7 Å². The van der Waals surface area contributed by atoms with E-state index in [2.05, 4.69) is 25.8 Å². The van der Waals surface area contributed by atoms with Crippen LogP contribution in [0.2, 0.25) is 0 Å². The van der Waals surface area contributed by atoms with Gasteiger partial charge in [-0.1, -0.05) is 57.2 Å². The second kappa shape index (κ2) is 7.28. The fourth-order valence-electron chi connectivity index (χ4n) is 2.82. The molecule has 0 saturated heterocycles. The average Bonchev–Trinajstić information content (AvgIpc) is 2.87. The van der Waals surface area contributed by atoms with Gasteiger partial charge in [-0.3, -0.25) is 4.79 Å². The molecular formula is C20H22ClNO3. The molecule has 0 spiro atoms. The van der Waals surface area contributed by atoms with Crippen LogP contribution < -0.4 is 0 Å². The first-order chi connectivity index (χ1) is 11.3. The molecule has 0 saturated carbocycles. The van der Waals surface area contributed by atoms with Gasteiger partial charge in [0, 0.05) is 6.42 Å². The smallest absolute Gasteiger partial charge is 0.315 e. The normalized spacial score (nSPS) is 12.6. The third-order valence-electron chi connectivity index (χ3n) is 3.85. The van der Waals surface area contributed by atoms with Crippen LogP contribution in [0.1, 0.15) is 43.7 Å².